The summed E-state index contributed by atoms with van der Waals surface area (Å²) in [5.41, 5.74) is 3.89. The van der Waals surface area contributed by atoms with E-state index in [0.29, 0.717) is 18.5 Å². The van der Waals surface area contributed by atoms with Crippen LogP contribution >= 0.6 is 11.8 Å². The van der Waals surface area contributed by atoms with Crippen molar-refractivity contribution in [2.75, 3.05) is 18.9 Å². The first kappa shape index (κ1) is 18.5. The number of hydrogen-bond donors (Lipinski definition) is 3. The van der Waals surface area contributed by atoms with Crippen LogP contribution in [-0.2, 0) is 10.5 Å². The largest absolute Gasteiger partial charge is 0.396 e. The smallest absolute Gasteiger partial charge is 0.251 e. The summed E-state index contributed by atoms with van der Waals surface area (Å²) in [5.74, 6) is 1.28. The quantitative estimate of drug-likeness (QED) is 0.653. The van der Waals surface area contributed by atoms with E-state index in [1.807, 2.05) is 12.1 Å². The molecule has 1 aliphatic rings. The Morgan fingerprint density at radius 1 is 1.12 bits per heavy atom. The SMILES string of the molecule is O=C(NC1CCNC1=O)c1ccc(-c2ccc(CSCCO)cc2)cc1. The van der Waals surface area contributed by atoms with Crippen molar-refractivity contribution in [3.05, 3.63) is 59.7 Å². The number of aliphatic hydroxyl groups is 1. The molecule has 1 saturated heterocycles. The molecule has 1 heterocycles. The maximum Gasteiger partial charge on any atom is 0.251 e. The topological polar surface area (TPSA) is 78.4 Å². The zero-order chi connectivity index (χ0) is 18.4. The lowest BCUT2D eigenvalue weighted by Gasteiger charge is -2.10. The second-order valence-corrected chi connectivity index (χ2v) is 7.26. The Morgan fingerprint density at radius 3 is 2.35 bits per heavy atom. The third-order valence-corrected chi connectivity index (χ3v) is 5.30. The summed E-state index contributed by atoms with van der Waals surface area (Å²) in [7, 11) is 0. The number of rotatable bonds is 7. The molecule has 3 rings (SSSR count). The molecule has 2 amide bonds. The van der Waals surface area contributed by atoms with Gasteiger partial charge in [0.2, 0.25) is 5.91 Å². The molecule has 0 bridgehead atoms. The summed E-state index contributed by atoms with van der Waals surface area (Å²) < 4.78 is 0. The van der Waals surface area contributed by atoms with Crippen molar-refractivity contribution in [1.82, 2.24) is 10.6 Å². The van der Waals surface area contributed by atoms with Crippen LogP contribution in [0.1, 0.15) is 22.3 Å². The Morgan fingerprint density at radius 2 is 1.77 bits per heavy atom. The third kappa shape index (κ3) is 4.65. The zero-order valence-corrected chi connectivity index (χ0v) is 15.2. The van der Waals surface area contributed by atoms with Crippen molar-refractivity contribution in [1.29, 1.82) is 0 Å². The van der Waals surface area contributed by atoms with E-state index in [-0.39, 0.29) is 18.4 Å². The highest BCUT2D eigenvalue weighted by Gasteiger charge is 2.25. The Kier molecular flexibility index (Phi) is 6.30. The van der Waals surface area contributed by atoms with Gasteiger partial charge in [0.15, 0.2) is 0 Å². The average molecular weight is 370 g/mol. The molecule has 1 atom stereocenters. The van der Waals surface area contributed by atoms with Crippen LogP contribution in [0.25, 0.3) is 11.1 Å². The third-order valence-electron chi connectivity index (χ3n) is 4.29. The fourth-order valence-electron chi connectivity index (χ4n) is 2.84. The number of thioether (sulfide) groups is 1. The van der Waals surface area contributed by atoms with Gasteiger partial charge in [0.25, 0.3) is 5.91 Å². The van der Waals surface area contributed by atoms with Crippen molar-refractivity contribution < 1.29 is 14.7 Å². The van der Waals surface area contributed by atoms with Gasteiger partial charge >= 0.3 is 0 Å². The maximum atomic E-state index is 12.3. The van der Waals surface area contributed by atoms with E-state index in [0.717, 1.165) is 22.6 Å². The van der Waals surface area contributed by atoms with Gasteiger partial charge in [-0.2, -0.15) is 11.8 Å². The number of hydrogen-bond acceptors (Lipinski definition) is 4. The van der Waals surface area contributed by atoms with Gasteiger partial charge in [0, 0.05) is 23.6 Å². The number of benzene rings is 2. The Bertz CT molecular complexity index is 760. The first-order valence-corrected chi connectivity index (χ1v) is 9.79. The van der Waals surface area contributed by atoms with Crippen molar-refractivity contribution >= 4 is 23.6 Å². The number of carbonyl (C=O) groups is 2. The molecule has 136 valence electrons. The standard InChI is InChI=1S/C20H22N2O3S/c23-11-12-26-13-14-1-3-15(4-2-14)16-5-7-17(8-6-16)19(24)22-18-9-10-21-20(18)25/h1-8,18,23H,9-13H2,(H,21,25)(H,22,24). The molecular weight excluding hydrogens is 348 g/mol. The van der Waals surface area contributed by atoms with Crippen molar-refractivity contribution in [2.24, 2.45) is 0 Å². The molecule has 5 nitrogen and oxygen atoms in total. The van der Waals surface area contributed by atoms with Crippen LogP contribution < -0.4 is 10.6 Å². The van der Waals surface area contributed by atoms with Gasteiger partial charge in [0.1, 0.15) is 6.04 Å². The highest BCUT2D eigenvalue weighted by atomic mass is 32.2. The zero-order valence-electron chi connectivity index (χ0n) is 14.4. The van der Waals surface area contributed by atoms with E-state index < -0.39 is 6.04 Å². The minimum absolute atomic E-state index is 0.118. The molecule has 0 saturated carbocycles. The van der Waals surface area contributed by atoms with Gasteiger partial charge < -0.3 is 15.7 Å². The van der Waals surface area contributed by atoms with Crippen molar-refractivity contribution in [2.45, 2.75) is 18.2 Å². The predicted octanol–water partition coefficient (Wildman–Crippen LogP) is 2.20. The number of amides is 2. The van der Waals surface area contributed by atoms with Crippen LogP contribution in [0, 0.1) is 0 Å². The first-order valence-electron chi connectivity index (χ1n) is 8.64. The minimum Gasteiger partial charge on any atom is -0.396 e. The maximum absolute atomic E-state index is 12.3. The highest BCUT2D eigenvalue weighted by Crippen LogP contribution is 2.22. The highest BCUT2D eigenvalue weighted by molar-refractivity contribution is 7.98. The van der Waals surface area contributed by atoms with Crippen LogP contribution in [0.5, 0.6) is 0 Å². The summed E-state index contributed by atoms with van der Waals surface area (Å²) >= 11 is 1.70. The molecule has 0 aliphatic carbocycles. The molecule has 26 heavy (non-hydrogen) atoms. The Labute approximate surface area is 157 Å². The van der Waals surface area contributed by atoms with E-state index in [2.05, 4.69) is 34.9 Å². The number of nitrogens with one attached hydrogen (secondary N) is 2. The Balaban J connectivity index is 1.61. The summed E-state index contributed by atoms with van der Waals surface area (Å²) in [5, 5.41) is 14.3. The van der Waals surface area contributed by atoms with Crippen LogP contribution in [0.3, 0.4) is 0 Å². The molecule has 3 N–H and O–H groups in total. The molecule has 0 aromatic heterocycles. The average Bonchev–Trinajstić information content (AvgIpc) is 3.07. The van der Waals surface area contributed by atoms with Gasteiger partial charge in [0.05, 0.1) is 6.61 Å². The van der Waals surface area contributed by atoms with E-state index in [1.165, 1.54) is 5.56 Å². The Hall–Kier alpha value is -2.31. The van der Waals surface area contributed by atoms with Crippen LogP contribution in [-0.4, -0.2) is 41.9 Å². The van der Waals surface area contributed by atoms with Gasteiger partial charge in [-0.3, -0.25) is 9.59 Å². The van der Waals surface area contributed by atoms with Gasteiger partial charge in [-0.1, -0.05) is 36.4 Å². The fraction of sp³-hybridized carbons (Fsp3) is 0.300. The van der Waals surface area contributed by atoms with E-state index in [1.54, 1.807) is 23.9 Å². The number of aliphatic hydroxyl groups excluding tert-OH is 1. The summed E-state index contributed by atoms with van der Waals surface area (Å²) in [6, 6.07) is 15.2. The summed E-state index contributed by atoms with van der Waals surface area (Å²) in [4.78, 5) is 23.8. The summed E-state index contributed by atoms with van der Waals surface area (Å²) in [6.07, 6.45) is 0.631. The van der Waals surface area contributed by atoms with Gasteiger partial charge in [-0.05, 0) is 35.2 Å². The van der Waals surface area contributed by atoms with Gasteiger partial charge in [-0.25, -0.2) is 0 Å². The van der Waals surface area contributed by atoms with E-state index in [9.17, 15) is 9.59 Å². The molecule has 1 unspecified atom stereocenters. The van der Waals surface area contributed by atoms with Crippen LogP contribution in [0.2, 0.25) is 0 Å². The van der Waals surface area contributed by atoms with Crippen molar-refractivity contribution in [3.63, 3.8) is 0 Å². The molecule has 2 aromatic carbocycles. The molecule has 0 spiro atoms. The van der Waals surface area contributed by atoms with Crippen LogP contribution in [0.4, 0.5) is 0 Å². The predicted molar refractivity (Wildman–Crippen MR) is 104 cm³/mol. The second kappa shape index (κ2) is 8.87. The monoisotopic (exact) mass is 370 g/mol. The lowest BCUT2D eigenvalue weighted by molar-refractivity contribution is -0.120. The van der Waals surface area contributed by atoms with Gasteiger partial charge in [-0.15, -0.1) is 0 Å². The molecule has 6 heteroatoms. The second-order valence-electron chi connectivity index (χ2n) is 6.16. The number of carbonyl (C=O) groups excluding carboxylic acids is 2. The minimum atomic E-state index is -0.432. The molecule has 2 aromatic rings. The van der Waals surface area contributed by atoms with Crippen LogP contribution in [0.15, 0.2) is 48.5 Å². The molecule has 1 fully saturated rings. The first-order chi connectivity index (χ1) is 12.7. The fourth-order valence-corrected chi connectivity index (χ4v) is 3.54. The molecule has 1 aliphatic heterocycles. The van der Waals surface area contributed by atoms with E-state index in [4.69, 9.17) is 5.11 Å². The molecular formula is C20H22N2O3S. The van der Waals surface area contributed by atoms with E-state index >= 15 is 0 Å². The lowest BCUT2D eigenvalue weighted by Crippen LogP contribution is -2.40. The molecule has 0 radical (unpaired) electrons. The van der Waals surface area contributed by atoms with Crippen molar-refractivity contribution in [3.8, 4) is 11.1 Å². The normalized spacial score (nSPS) is 16.3. The summed E-state index contributed by atoms with van der Waals surface area (Å²) in [6.45, 7) is 0.811. The lowest BCUT2D eigenvalue weighted by atomic mass is 10.0.